The molecule has 0 saturated carbocycles. The van der Waals surface area contributed by atoms with Gasteiger partial charge in [0.1, 0.15) is 5.82 Å². The van der Waals surface area contributed by atoms with E-state index < -0.39 is 0 Å². The van der Waals surface area contributed by atoms with E-state index in [0.29, 0.717) is 24.4 Å². The molecule has 0 amide bonds. The van der Waals surface area contributed by atoms with E-state index >= 15 is 0 Å². The van der Waals surface area contributed by atoms with Crippen LogP contribution in [0, 0.1) is 5.82 Å². The van der Waals surface area contributed by atoms with Crippen LogP contribution in [-0.2, 0) is 4.74 Å². The number of nitrogens with zero attached hydrogens (tertiary/aromatic N) is 2. The molecule has 20 heavy (non-hydrogen) atoms. The number of piperidine rings is 1. The van der Waals surface area contributed by atoms with Gasteiger partial charge >= 0.3 is 0 Å². The zero-order valence-electron chi connectivity index (χ0n) is 11.6. The van der Waals surface area contributed by atoms with Gasteiger partial charge < -0.3 is 20.6 Å². The molecule has 110 valence electrons. The predicted molar refractivity (Wildman–Crippen MR) is 75.8 cm³/mol. The maximum atomic E-state index is 14.2. The lowest BCUT2D eigenvalue weighted by atomic mass is 10.1. The van der Waals surface area contributed by atoms with E-state index in [-0.39, 0.29) is 17.8 Å². The summed E-state index contributed by atoms with van der Waals surface area (Å²) in [5, 5.41) is 11.5. The molecular formula is C14H20FN3O2. The third-order valence-electron chi connectivity index (χ3n) is 3.47. The summed E-state index contributed by atoms with van der Waals surface area (Å²) in [5.74, 6) is -0.465. The maximum Gasteiger partial charge on any atom is 0.170 e. The van der Waals surface area contributed by atoms with Crippen molar-refractivity contribution in [2.75, 3.05) is 24.6 Å². The number of oxime groups is 1. The summed E-state index contributed by atoms with van der Waals surface area (Å²) in [6.07, 6.45) is 2.14. The lowest BCUT2D eigenvalue weighted by Gasteiger charge is -2.34. The Morgan fingerprint density at radius 1 is 1.60 bits per heavy atom. The van der Waals surface area contributed by atoms with Crippen molar-refractivity contribution in [3.8, 4) is 0 Å². The highest BCUT2D eigenvalue weighted by atomic mass is 19.1. The van der Waals surface area contributed by atoms with E-state index in [1.807, 2.05) is 11.8 Å². The van der Waals surface area contributed by atoms with E-state index in [9.17, 15) is 4.39 Å². The smallest absolute Gasteiger partial charge is 0.170 e. The third kappa shape index (κ3) is 3.19. The van der Waals surface area contributed by atoms with Gasteiger partial charge in [-0.2, -0.15) is 0 Å². The molecule has 1 aromatic carbocycles. The van der Waals surface area contributed by atoms with E-state index in [4.69, 9.17) is 15.7 Å². The van der Waals surface area contributed by atoms with Crippen LogP contribution >= 0.6 is 0 Å². The lowest BCUT2D eigenvalue weighted by Crippen LogP contribution is -2.40. The molecule has 1 aliphatic heterocycles. The van der Waals surface area contributed by atoms with Crippen molar-refractivity contribution < 1.29 is 14.3 Å². The first-order chi connectivity index (χ1) is 9.65. The molecule has 1 atom stereocenters. The maximum absolute atomic E-state index is 14.2. The van der Waals surface area contributed by atoms with Gasteiger partial charge in [-0.3, -0.25) is 0 Å². The van der Waals surface area contributed by atoms with Gasteiger partial charge in [-0.05, 0) is 38.0 Å². The summed E-state index contributed by atoms with van der Waals surface area (Å²) in [5.41, 5.74) is 6.35. The van der Waals surface area contributed by atoms with Crippen molar-refractivity contribution in [2.24, 2.45) is 10.9 Å². The summed E-state index contributed by atoms with van der Waals surface area (Å²) in [4.78, 5) is 1.98. The van der Waals surface area contributed by atoms with Crippen LogP contribution < -0.4 is 10.6 Å². The number of rotatable bonds is 4. The Morgan fingerprint density at radius 2 is 2.40 bits per heavy atom. The van der Waals surface area contributed by atoms with Crippen LogP contribution in [0.2, 0.25) is 0 Å². The van der Waals surface area contributed by atoms with E-state index in [2.05, 4.69) is 5.16 Å². The quantitative estimate of drug-likeness (QED) is 0.383. The fourth-order valence-electron chi connectivity index (χ4n) is 2.51. The Balaban J connectivity index is 2.16. The summed E-state index contributed by atoms with van der Waals surface area (Å²) in [6, 6.07) is 4.60. The zero-order chi connectivity index (χ0) is 14.5. The Morgan fingerprint density at radius 3 is 3.05 bits per heavy atom. The number of halogens is 1. The fraction of sp³-hybridized carbons (Fsp3) is 0.500. The fourth-order valence-corrected chi connectivity index (χ4v) is 2.51. The molecular weight excluding hydrogens is 261 g/mol. The molecule has 1 unspecified atom stereocenters. The summed E-state index contributed by atoms with van der Waals surface area (Å²) in [7, 11) is 0. The molecule has 5 nitrogen and oxygen atoms in total. The van der Waals surface area contributed by atoms with Crippen molar-refractivity contribution >= 4 is 11.5 Å². The first kappa shape index (κ1) is 14.6. The molecule has 3 N–H and O–H groups in total. The first-order valence-corrected chi connectivity index (χ1v) is 6.79. The third-order valence-corrected chi connectivity index (χ3v) is 3.47. The highest BCUT2D eigenvalue weighted by molar-refractivity contribution is 5.97. The largest absolute Gasteiger partial charge is 0.409 e. The highest BCUT2D eigenvalue weighted by Crippen LogP contribution is 2.25. The van der Waals surface area contributed by atoms with Crippen molar-refractivity contribution in [2.45, 2.75) is 25.9 Å². The predicted octanol–water partition coefficient (Wildman–Crippen LogP) is 1.93. The van der Waals surface area contributed by atoms with E-state index in [1.165, 1.54) is 6.07 Å². The highest BCUT2D eigenvalue weighted by Gasteiger charge is 2.22. The number of amidine groups is 1. The number of hydrogen-bond acceptors (Lipinski definition) is 4. The molecule has 0 aromatic heterocycles. The summed E-state index contributed by atoms with van der Waals surface area (Å²) < 4.78 is 19.8. The van der Waals surface area contributed by atoms with Crippen molar-refractivity contribution in [1.29, 1.82) is 0 Å². The van der Waals surface area contributed by atoms with Gasteiger partial charge in [-0.25, -0.2) is 4.39 Å². The molecule has 2 rings (SSSR count). The number of benzene rings is 1. The van der Waals surface area contributed by atoms with Crippen LogP contribution in [-0.4, -0.2) is 36.8 Å². The van der Waals surface area contributed by atoms with Gasteiger partial charge in [0, 0.05) is 25.3 Å². The van der Waals surface area contributed by atoms with Gasteiger partial charge in [0.05, 0.1) is 11.8 Å². The molecule has 1 saturated heterocycles. The minimum absolute atomic E-state index is 0.0960. The minimum Gasteiger partial charge on any atom is -0.409 e. The van der Waals surface area contributed by atoms with Gasteiger partial charge in [0.2, 0.25) is 0 Å². The minimum atomic E-state index is -0.369. The number of anilines is 1. The topological polar surface area (TPSA) is 71.1 Å². The van der Waals surface area contributed by atoms with Crippen LogP contribution in [0.1, 0.15) is 25.3 Å². The van der Waals surface area contributed by atoms with Gasteiger partial charge in [0.25, 0.3) is 0 Å². The number of ether oxygens (including phenoxy) is 1. The molecule has 0 spiro atoms. The van der Waals surface area contributed by atoms with Gasteiger partial charge in [-0.15, -0.1) is 0 Å². The van der Waals surface area contributed by atoms with Gasteiger partial charge in [-0.1, -0.05) is 5.16 Å². The molecule has 1 aliphatic rings. The Kier molecular flexibility index (Phi) is 4.79. The monoisotopic (exact) mass is 281 g/mol. The van der Waals surface area contributed by atoms with Crippen LogP contribution in [0.3, 0.4) is 0 Å². The van der Waals surface area contributed by atoms with E-state index in [0.717, 1.165) is 19.4 Å². The Bertz CT molecular complexity index is 491. The van der Waals surface area contributed by atoms with Crippen LogP contribution in [0.5, 0.6) is 0 Å². The molecule has 1 heterocycles. The Labute approximate surface area is 117 Å². The second-order valence-corrected chi connectivity index (χ2v) is 4.82. The van der Waals surface area contributed by atoms with Crippen molar-refractivity contribution in [1.82, 2.24) is 0 Å². The average Bonchev–Trinajstić information content (AvgIpc) is 2.47. The van der Waals surface area contributed by atoms with Gasteiger partial charge in [0.15, 0.2) is 5.84 Å². The average molecular weight is 281 g/mol. The molecule has 0 radical (unpaired) electrons. The molecule has 1 fully saturated rings. The SMILES string of the molecule is CCOC1CCCN(c2ccc(C(N)=NO)cc2F)C1. The van der Waals surface area contributed by atoms with Crippen LogP contribution in [0.4, 0.5) is 10.1 Å². The Hall–Kier alpha value is -1.82. The molecule has 0 bridgehead atoms. The molecule has 1 aromatic rings. The zero-order valence-corrected chi connectivity index (χ0v) is 11.6. The lowest BCUT2D eigenvalue weighted by molar-refractivity contribution is 0.0525. The molecule has 6 heteroatoms. The molecule has 0 aliphatic carbocycles. The summed E-state index contributed by atoms with van der Waals surface area (Å²) >= 11 is 0. The van der Waals surface area contributed by atoms with Crippen molar-refractivity contribution in [3.63, 3.8) is 0 Å². The number of hydrogen-bond donors (Lipinski definition) is 2. The van der Waals surface area contributed by atoms with E-state index in [1.54, 1.807) is 12.1 Å². The normalized spacial score (nSPS) is 20.2. The second kappa shape index (κ2) is 6.56. The number of nitrogens with two attached hydrogens (primary N) is 1. The first-order valence-electron chi connectivity index (χ1n) is 6.79. The van der Waals surface area contributed by atoms with Crippen LogP contribution in [0.25, 0.3) is 0 Å². The van der Waals surface area contributed by atoms with Crippen LogP contribution in [0.15, 0.2) is 23.4 Å². The standard InChI is InChI=1S/C14H20FN3O2/c1-2-20-11-4-3-7-18(9-11)13-6-5-10(8-12(13)15)14(16)17-19/h5-6,8,11,19H,2-4,7,9H2,1H3,(H2,16,17). The second-order valence-electron chi connectivity index (χ2n) is 4.82. The summed E-state index contributed by atoms with van der Waals surface area (Å²) in [6.45, 7) is 4.13. The van der Waals surface area contributed by atoms with Crippen molar-refractivity contribution in [3.05, 3.63) is 29.6 Å².